The number of anilines is 1. The molecule has 98 valence electrons. The molecule has 19 heavy (non-hydrogen) atoms. The summed E-state index contributed by atoms with van der Waals surface area (Å²) in [5.74, 6) is 1.04. The summed E-state index contributed by atoms with van der Waals surface area (Å²) in [6.45, 7) is 4.39. The topological polar surface area (TPSA) is 55.0 Å². The molecule has 1 aliphatic rings. The Balaban J connectivity index is 2.01. The number of likely N-dealkylation sites (N-methyl/N-ethyl adjacent to an activating group) is 1. The zero-order valence-electron chi connectivity index (χ0n) is 11.3. The second-order valence-electron chi connectivity index (χ2n) is 5.34. The number of hydrogen-bond donors (Lipinski definition) is 1. The molecule has 2 heterocycles. The van der Waals surface area contributed by atoms with Crippen molar-refractivity contribution in [1.29, 1.82) is 0 Å². The first-order valence-corrected chi connectivity index (χ1v) is 6.53. The molecule has 0 aliphatic carbocycles. The summed E-state index contributed by atoms with van der Waals surface area (Å²) >= 11 is 0. The maximum atomic E-state index is 5.57. The Hall–Kier alpha value is -1.94. The lowest BCUT2D eigenvalue weighted by Gasteiger charge is -2.30. The van der Waals surface area contributed by atoms with Crippen molar-refractivity contribution < 1.29 is 0 Å². The van der Waals surface area contributed by atoms with E-state index >= 15 is 0 Å². The van der Waals surface area contributed by atoms with Gasteiger partial charge in [-0.3, -0.25) is 4.98 Å². The Morgan fingerprint density at radius 2 is 2.11 bits per heavy atom. The summed E-state index contributed by atoms with van der Waals surface area (Å²) in [5.41, 5.74) is 10.4. The minimum Gasteiger partial charge on any atom is -0.382 e. The van der Waals surface area contributed by atoms with Crippen LogP contribution >= 0.6 is 0 Å². The second-order valence-corrected chi connectivity index (χ2v) is 5.34. The fourth-order valence-corrected chi connectivity index (χ4v) is 2.79. The molecule has 1 atom stereocenters. The van der Waals surface area contributed by atoms with E-state index in [0.29, 0.717) is 11.7 Å². The molecule has 0 fully saturated rings. The van der Waals surface area contributed by atoms with Gasteiger partial charge < -0.3 is 10.6 Å². The summed E-state index contributed by atoms with van der Waals surface area (Å²) in [4.78, 5) is 10.8. The number of aromatic nitrogens is 2. The van der Waals surface area contributed by atoms with Gasteiger partial charge in [0.15, 0.2) is 0 Å². The zero-order valence-corrected chi connectivity index (χ0v) is 11.3. The van der Waals surface area contributed by atoms with Gasteiger partial charge in [0.25, 0.3) is 0 Å². The van der Waals surface area contributed by atoms with Gasteiger partial charge in [-0.15, -0.1) is 0 Å². The van der Waals surface area contributed by atoms with Crippen LogP contribution in [0.5, 0.6) is 0 Å². The average Bonchev–Trinajstić information content (AvgIpc) is 2.38. The summed E-state index contributed by atoms with van der Waals surface area (Å²) in [6, 6.07) is 6.57. The highest BCUT2D eigenvalue weighted by Crippen LogP contribution is 2.30. The SMILES string of the molecule is CC1CN(C)Cc2cc(-c3cnc(N)cn3)ccc21. The molecule has 0 amide bonds. The van der Waals surface area contributed by atoms with Crippen molar-refractivity contribution in [1.82, 2.24) is 14.9 Å². The molecule has 4 nitrogen and oxygen atoms in total. The van der Waals surface area contributed by atoms with Crippen molar-refractivity contribution in [3.05, 3.63) is 41.7 Å². The van der Waals surface area contributed by atoms with E-state index in [9.17, 15) is 0 Å². The third-order valence-corrected chi connectivity index (χ3v) is 3.67. The molecule has 0 radical (unpaired) electrons. The standard InChI is InChI=1S/C15H18N4/c1-10-8-19(2)9-12-5-11(3-4-13(10)12)14-6-18-15(16)7-17-14/h3-7,10H,8-9H2,1-2H3,(H2,16,18). The van der Waals surface area contributed by atoms with Crippen LogP contribution < -0.4 is 5.73 Å². The molecule has 1 aromatic heterocycles. The van der Waals surface area contributed by atoms with Crippen molar-refractivity contribution in [3.63, 3.8) is 0 Å². The lowest BCUT2D eigenvalue weighted by Crippen LogP contribution is -2.29. The van der Waals surface area contributed by atoms with Gasteiger partial charge in [-0.05, 0) is 30.2 Å². The number of hydrogen-bond acceptors (Lipinski definition) is 4. The fraction of sp³-hybridized carbons (Fsp3) is 0.333. The van der Waals surface area contributed by atoms with Crippen LogP contribution in [0, 0.1) is 0 Å². The Labute approximate surface area is 113 Å². The van der Waals surface area contributed by atoms with Crippen LogP contribution in [0.25, 0.3) is 11.3 Å². The molecule has 4 heteroatoms. The van der Waals surface area contributed by atoms with Gasteiger partial charge in [-0.2, -0.15) is 0 Å². The first-order chi connectivity index (χ1) is 9.13. The van der Waals surface area contributed by atoms with E-state index in [1.165, 1.54) is 11.1 Å². The quantitative estimate of drug-likeness (QED) is 0.848. The van der Waals surface area contributed by atoms with Gasteiger partial charge in [0, 0.05) is 18.7 Å². The normalized spacial score (nSPS) is 19.2. The largest absolute Gasteiger partial charge is 0.382 e. The third kappa shape index (κ3) is 2.31. The van der Waals surface area contributed by atoms with E-state index in [1.54, 1.807) is 12.4 Å². The highest BCUT2D eigenvalue weighted by molar-refractivity contribution is 5.61. The zero-order chi connectivity index (χ0) is 13.4. The number of nitrogens with zero attached hydrogens (tertiary/aromatic N) is 3. The molecule has 1 aromatic carbocycles. The molecule has 1 aliphatic heterocycles. The molecule has 0 saturated carbocycles. The van der Waals surface area contributed by atoms with Gasteiger partial charge in [0.1, 0.15) is 5.82 Å². The number of rotatable bonds is 1. The summed E-state index contributed by atoms with van der Waals surface area (Å²) in [7, 11) is 2.16. The van der Waals surface area contributed by atoms with E-state index < -0.39 is 0 Å². The van der Waals surface area contributed by atoms with E-state index in [4.69, 9.17) is 5.73 Å². The Kier molecular flexibility index (Phi) is 2.95. The van der Waals surface area contributed by atoms with E-state index in [0.717, 1.165) is 24.3 Å². The predicted octanol–water partition coefficient (Wildman–Crippen LogP) is 2.27. The third-order valence-electron chi connectivity index (χ3n) is 3.67. The summed E-state index contributed by atoms with van der Waals surface area (Å²) in [6.07, 6.45) is 3.33. The minimum atomic E-state index is 0.454. The fourth-order valence-electron chi connectivity index (χ4n) is 2.79. The minimum absolute atomic E-state index is 0.454. The second kappa shape index (κ2) is 4.63. The van der Waals surface area contributed by atoms with Crippen LogP contribution in [0.1, 0.15) is 24.0 Å². The lowest BCUT2D eigenvalue weighted by atomic mass is 9.90. The molecule has 0 saturated heterocycles. The molecular formula is C15H18N4. The average molecular weight is 254 g/mol. The molecule has 0 spiro atoms. The van der Waals surface area contributed by atoms with E-state index in [-0.39, 0.29) is 0 Å². The van der Waals surface area contributed by atoms with Crippen LogP contribution in [0.15, 0.2) is 30.6 Å². The molecule has 1 unspecified atom stereocenters. The first-order valence-electron chi connectivity index (χ1n) is 6.53. The number of benzene rings is 1. The van der Waals surface area contributed by atoms with Crippen LogP contribution in [0.4, 0.5) is 5.82 Å². The van der Waals surface area contributed by atoms with Crippen molar-refractivity contribution in [2.45, 2.75) is 19.4 Å². The van der Waals surface area contributed by atoms with Crippen molar-refractivity contribution in [2.24, 2.45) is 0 Å². The van der Waals surface area contributed by atoms with Gasteiger partial charge >= 0.3 is 0 Å². The van der Waals surface area contributed by atoms with Crippen LogP contribution in [0.2, 0.25) is 0 Å². The van der Waals surface area contributed by atoms with Crippen molar-refractivity contribution in [3.8, 4) is 11.3 Å². The maximum Gasteiger partial charge on any atom is 0.141 e. The molecule has 2 aromatic rings. The van der Waals surface area contributed by atoms with Crippen molar-refractivity contribution in [2.75, 3.05) is 19.3 Å². The van der Waals surface area contributed by atoms with Gasteiger partial charge in [-0.1, -0.05) is 19.1 Å². The van der Waals surface area contributed by atoms with Gasteiger partial charge in [0.2, 0.25) is 0 Å². The van der Waals surface area contributed by atoms with E-state index in [1.807, 2.05) is 0 Å². The van der Waals surface area contributed by atoms with Crippen molar-refractivity contribution >= 4 is 5.82 Å². The number of nitrogen functional groups attached to an aromatic ring is 1. The van der Waals surface area contributed by atoms with Crippen LogP contribution in [-0.4, -0.2) is 28.5 Å². The first kappa shape index (κ1) is 12.1. The van der Waals surface area contributed by atoms with Crippen LogP contribution in [-0.2, 0) is 6.54 Å². The van der Waals surface area contributed by atoms with Gasteiger partial charge in [-0.25, -0.2) is 4.98 Å². The number of fused-ring (bicyclic) bond motifs is 1. The van der Waals surface area contributed by atoms with Gasteiger partial charge in [0.05, 0.1) is 18.1 Å². The Morgan fingerprint density at radius 3 is 2.84 bits per heavy atom. The molecule has 0 bridgehead atoms. The molecule has 3 rings (SSSR count). The lowest BCUT2D eigenvalue weighted by molar-refractivity contribution is 0.288. The van der Waals surface area contributed by atoms with E-state index in [2.05, 4.69) is 47.0 Å². The summed E-state index contributed by atoms with van der Waals surface area (Å²) in [5, 5.41) is 0. The smallest absolute Gasteiger partial charge is 0.141 e. The Morgan fingerprint density at radius 1 is 1.26 bits per heavy atom. The highest BCUT2D eigenvalue weighted by Gasteiger charge is 2.20. The monoisotopic (exact) mass is 254 g/mol. The van der Waals surface area contributed by atoms with Crippen LogP contribution in [0.3, 0.4) is 0 Å². The summed E-state index contributed by atoms with van der Waals surface area (Å²) < 4.78 is 0. The highest BCUT2D eigenvalue weighted by atomic mass is 15.1. The predicted molar refractivity (Wildman–Crippen MR) is 76.6 cm³/mol. The Bertz CT molecular complexity index is 592. The number of nitrogens with two attached hydrogens (primary N) is 1. The maximum absolute atomic E-state index is 5.57. The molecule has 2 N–H and O–H groups in total. The molecular weight excluding hydrogens is 236 g/mol.